The van der Waals surface area contributed by atoms with Gasteiger partial charge in [-0.05, 0) is 51.4 Å². The molecule has 0 aliphatic rings. The highest BCUT2D eigenvalue weighted by atomic mass is 16.6. The molecule has 0 aromatic carbocycles. The fraction of sp³-hybridized carbons (Fsp3) is 0.667. The summed E-state index contributed by atoms with van der Waals surface area (Å²) in [5.41, 5.74) is 0. The molecule has 0 saturated carbocycles. The van der Waals surface area contributed by atoms with Crippen LogP contribution in [0.15, 0.2) is 72.9 Å². The van der Waals surface area contributed by atoms with Crippen molar-refractivity contribution in [2.24, 2.45) is 0 Å². The Morgan fingerprint density at radius 2 is 0.977 bits per heavy atom. The van der Waals surface area contributed by atoms with Crippen LogP contribution >= 0.6 is 0 Å². The summed E-state index contributed by atoms with van der Waals surface area (Å²) in [6.07, 6.45) is 47.8. The fourth-order valence-corrected chi connectivity index (χ4v) is 4.42. The van der Waals surface area contributed by atoms with Crippen molar-refractivity contribution >= 4 is 5.97 Å². The number of hydrogen-bond acceptors (Lipinski definition) is 4. The van der Waals surface area contributed by atoms with Crippen LogP contribution in [0.2, 0.25) is 0 Å². The number of hydrogen-bond donors (Lipinski definition) is 1. The Morgan fingerprint density at radius 1 is 0.558 bits per heavy atom. The van der Waals surface area contributed by atoms with Crippen LogP contribution in [0.3, 0.4) is 0 Å². The van der Waals surface area contributed by atoms with E-state index in [0.29, 0.717) is 13.0 Å². The molecule has 0 aliphatic heterocycles. The van der Waals surface area contributed by atoms with Crippen molar-refractivity contribution in [3.63, 3.8) is 0 Å². The number of aliphatic hydroxyl groups is 1. The molecule has 0 amide bonds. The Bertz CT molecular complexity index is 759. The number of carbonyl (C=O) groups is 1. The quantitative estimate of drug-likeness (QED) is 0.0490. The highest BCUT2D eigenvalue weighted by Gasteiger charge is 2.13. The van der Waals surface area contributed by atoms with Crippen molar-refractivity contribution in [2.75, 3.05) is 19.8 Å². The summed E-state index contributed by atoms with van der Waals surface area (Å²) in [6.45, 7) is 5.17. The first-order chi connectivity index (χ1) is 21.2. The second-order valence-corrected chi connectivity index (χ2v) is 11.4. The van der Waals surface area contributed by atoms with Crippen molar-refractivity contribution in [1.82, 2.24) is 0 Å². The van der Waals surface area contributed by atoms with Crippen LogP contribution in [0, 0.1) is 0 Å². The van der Waals surface area contributed by atoms with E-state index in [2.05, 4.69) is 86.8 Å². The molecule has 1 N–H and O–H groups in total. The average molecular weight is 599 g/mol. The molecule has 1 unspecified atom stereocenters. The maximum absolute atomic E-state index is 12.1. The van der Waals surface area contributed by atoms with Crippen molar-refractivity contribution in [3.05, 3.63) is 72.9 Å². The SMILES string of the molecule is CCCCC=CC=CC=CCCCCCCCCOCC(CO)OC(=O)CCCCCCCC=CC=CC=CCCCC. The number of allylic oxidation sites excluding steroid dienone is 12. The Hall–Kier alpha value is -2.17. The smallest absolute Gasteiger partial charge is 0.306 e. The Kier molecular flexibility index (Phi) is 34.2. The third-order valence-electron chi connectivity index (χ3n) is 7.13. The molecule has 0 fully saturated rings. The number of aliphatic hydroxyl groups excluding tert-OH is 1. The van der Waals surface area contributed by atoms with E-state index in [1.165, 1.54) is 70.6 Å². The predicted octanol–water partition coefficient (Wildman–Crippen LogP) is 11.1. The first-order valence-electron chi connectivity index (χ1n) is 17.6. The average Bonchev–Trinajstić information content (AvgIpc) is 3.01. The molecule has 0 bridgehead atoms. The van der Waals surface area contributed by atoms with Gasteiger partial charge in [0.1, 0.15) is 6.10 Å². The molecule has 0 rings (SSSR count). The highest BCUT2D eigenvalue weighted by Crippen LogP contribution is 2.10. The van der Waals surface area contributed by atoms with Crippen LogP contribution in [-0.2, 0) is 14.3 Å². The van der Waals surface area contributed by atoms with Crippen LogP contribution < -0.4 is 0 Å². The van der Waals surface area contributed by atoms with Gasteiger partial charge in [-0.3, -0.25) is 4.79 Å². The van der Waals surface area contributed by atoms with Crippen LogP contribution in [0.4, 0.5) is 0 Å². The molecule has 0 aliphatic carbocycles. The van der Waals surface area contributed by atoms with Crippen LogP contribution in [0.5, 0.6) is 0 Å². The molecule has 0 spiro atoms. The number of rotatable bonds is 31. The van der Waals surface area contributed by atoms with Gasteiger partial charge in [-0.15, -0.1) is 0 Å². The topological polar surface area (TPSA) is 55.8 Å². The summed E-state index contributed by atoms with van der Waals surface area (Å²) in [4.78, 5) is 12.1. The Morgan fingerprint density at radius 3 is 1.44 bits per heavy atom. The van der Waals surface area contributed by atoms with Crippen molar-refractivity contribution < 1.29 is 19.4 Å². The maximum Gasteiger partial charge on any atom is 0.306 e. The van der Waals surface area contributed by atoms with Gasteiger partial charge in [-0.25, -0.2) is 0 Å². The molecule has 246 valence electrons. The van der Waals surface area contributed by atoms with E-state index in [-0.39, 0.29) is 19.2 Å². The van der Waals surface area contributed by atoms with E-state index >= 15 is 0 Å². The minimum atomic E-state index is -0.555. The van der Waals surface area contributed by atoms with E-state index in [4.69, 9.17) is 9.47 Å². The maximum atomic E-state index is 12.1. The van der Waals surface area contributed by atoms with Gasteiger partial charge in [0.25, 0.3) is 0 Å². The molecule has 0 saturated heterocycles. The van der Waals surface area contributed by atoms with Gasteiger partial charge in [0.2, 0.25) is 0 Å². The zero-order valence-corrected chi connectivity index (χ0v) is 27.9. The van der Waals surface area contributed by atoms with E-state index in [0.717, 1.165) is 51.4 Å². The summed E-state index contributed by atoms with van der Waals surface area (Å²) in [7, 11) is 0. The molecule has 0 aromatic rings. The Balaban J connectivity index is 3.57. The summed E-state index contributed by atoms with van der Waals surface area (Å²) < 4.78 is 11.1. The van der Waals surface area contributed by atoms with Crippen molar-refractivity contribution in [1.29, 1.82) is 0 Å². The first kappa shape index (κ1) is 40.8. The van der Waals surface area contributed by atoms with Gasteiger partial charge in [0.05, 0.1) is 13.2 Å². The molecule has 0 aromatic heterocycles. The summed E-state index contributed by atoms with van der Waals surface area (Å²) in [5.74, 6) is -0.230. The molecule has 4 nitrogen and oxygen atoms in total. The Labute approximate surface area is 266 Å². The largest absolute Gasteiger partial charge is 0.457 e. The molecule has 43 heavy (non-hydrogen) atoms. The molecular formula is C39H66O4. The first-order valence-corrected chi connectivity index (χ1v) is 17.6. The molecular weight excluding hydrogens is 532 g/mol. The number of carbonyl (C=O) groups excluding carboxylic acids is 1. The normalized spacial score (nSPS) is 13.3. The van der Waals surface area contributed by atoms with Crippen molar-refractivity contribution in [3.8, 4) is 0 Å². The summed E-state index contributed by atoms with van der Waals surface area (Å²) in [5, 5.41) is 9.54. The number of unbranched alkanes of at least 4 members (excludes halogenated alkanes) is 15. The monoisotopic (exact) mass is 598 g/mol. The molecule has 4 heteroatoms. The summed E-state index contributed by atoms with van der Waals surface area (Å²) in [6, 6.07) is 0. The van der Waals surface area contributed by atoms with Gasteiger partial charge in [0.15, 0.2) is 0 Å². The zero-order chi connectivity index (χ0) is 31.3. The van der Waals surface area contributed by atoms with E-state index in [9.17, 15) is 9.90 Å². The predicted molar refractivity (Wildman–Crippen MR) is 186 cm³/mol. The van der Waals surface area contributed by atoms with E-state index in [1.54, 1.807) is 0 Å². The minimum Gasteiger partial charge on any atom is -0.457 e. The standard InChI is InChI=1S/C39H66O4/c1-3-5-7-9-11-13-15-17-19-21-23-25-27-29-31-33-35-42-37-38(36-40)43-39(41)34-32-30-28-26-24-22-20-18-16-14-12-10-8-6-4-2/h9-20,38,40H,3-8,21-37H2,1-2H3. The highest BCUT2D eigenvalue weighted by molar-refractivity contribution is 5.69. The van der Waals surface area contributed by atoms with Gasteiger partial charge in [0, 0.05) is 13.0 Å². The van der Waals surface area contributed by atoms with Crippen LogP contribution in [0.25, 0.3) is 0 Å². The van der Waals surface area contributed by atoms with Gasteiger partial charge >= 0.3 is 5.97 Å². The van der Waals surface area contributed by atoms with E-state index < -0.39 is 6.10 Å². The summed E-state index contributed by atoms with van der Waals surface area (Å²) >= 11 is 0. The molecule has 0 radical (unpaired) electrons. The number of esters is 1. The lowest BCUT2D eigenvalue weighted by Gasteiger charge is -2.15. The van der Waals surface area contributed by atoms with E-state index in [1.807, 2.05) is 0 Å². The lowest BCUT2D eigenvalue weighted by atomic mass is 10.1. The second kappa shape index (κ2) is 36.0. The third kappa shape index (κ3) is 34.2. The third-order valence-corrected chi connectivity index (χ3v) is 7.13. The number of ether oxygens (including phenoxy) is 2. The molecule has 0 heterocycles. The minimum absolute atomic E-state index is 0.191. The van der Waals surface area contributed by atoms with Gasteiger partial charge in [-0.2, -0.15) is 0 Å². The van der Waals surface area contributed by atoms with Crippen molar-refractivity contribution in [2.45, 2.75) is 148 Å². The van der Waals surface area contributed by atoms with Crippen LogP contribution in [-0.4, -0.2) is 37.0 Å². The van der Waals surface area contributed by atoms with Gasteiger partial charge < -0.3 is 14.6 Å². The second-order valence-electron chi connectivity index (χ2n) is 11.4. The lowest BCUT2D eigenvalue weighted by Crippen LogP contribution is -2.27. The fourth-order valence-electron chi connectivity index (χ4n) is 4.42. The van der Waals surface area contributed by atoms with Crippen LogP contribution in [0.1, 0.15) is 142 Å². The lowest BCUT2D eigenvalue weighted by molar-refractivity contribution is -0.154. The van der Waals surface area contributed by atoms with Gasteiger partial charge in [-0.1, -0.05) is 157 Å². The molecule has 1 atom stereocenters. The zero-order valence-electron chi connectivity index (χ0n) is 27.9.